The van der Waals surface area contributed by atoms with Crippen molar-refractivity contribution in [3.63, 3.8) is 0 Å². The average molecular weight is 605 g/mol. The summed E-state index contributed by atoms with van der Waals surface area (Å²) in [6.45, 7) is 3.86. The molecule has 3 heterocycles. The summed E-state index contributed by atoms with van der Waals surface area (Å²) < 4.78 is 29.7. The van der Waals surface area contributed by atoms with E-state index >= 15 is 0 Å². The van der Waals surface area contributed by atoms with Crippen molar-refractivity contribution in [1.29, 1.82) is 0 Å². The van der Waals surface area contributed by atoms with Gasteiger partial charge in [0, 0.05) is 44.3 Å². The monoisotopic (exact) mass is 604 g/mol. The minimum Gasteiger partial charge on any atom is -0.481 e. The van der Waals surface area contributed by atoms with Gasteiger partial charge in [-0.05, 0) is 73.4 Å². The fourth-order valence-electron chi connectivity index (χ4n) is 4.90. The van der Waals surface area contributed by atoms with Crippen LogP contribution >= 0.6 is 0 Å². The van der Waals surface area contributed by atoms with Crippen LogP contribution in [0, 0.1) is 25.5 Å². The van der Waals surface area contributed by atoms with Gasteiger partial charge in [-0.15, -0.1) is 0 Å². The second-order valence-electron chi connectivity index (χ2n) is 10.2. The molecule has 0 spiro atoms. The highest BCUT2D eigenvalue weighted by Crippen LogP contribution is 2.34. The number of carbonyl (C=O) groups excluding carboxylic acids is 1. The second kappa shape index (κ2) is 14.5. The molecule has 1 amide bonds. The first-order valence-electron chi connectivity index (χ1n) is 13.9. The number of halogens is 2. The van der Waals surface area contributed by atoms with E-state index < -0.39 is 5.97 Å². The number of hydrogen-bond donors (Lipinski definition) is 1. The SMILES string of the molecule is CN=C(c1ccc(F)cc1)C(CCC(=O)O)n1cc(C)cn1.CON1C(=O)CCC(n2cc(C)cn2)=C1c1ccc(F)cc1. The van der Waals surface area contributed by atoms with Crippen molar-refractivity contribution in [1.82, 2.24) is 24.6 Å². The molecule has 0 saturated carbocycles. The maximum absolute atomic E-state index is 13.2. The molecule has 1 atom stereocenters. The summed E-state index contributed by atoms with van der Waals surface area (Å²) in [6, 6.07) is 11.7. The van der Waals surface area contributed by atoms with Crippen LogP contribution in [0.5, 0.6) is 0 Å². The van der Waals surface area contributed by atoms with Crippen molar-refractivity contribution in [2.75, 3.05) is 14.2 Å². The molecule has 0 radical (unpaired) electrons. The summed E-state index contributed by atoms with van der Waals surface area (Å²) in [5.74, 6) is -1.65. The Bertz CT molecular complexity index is 1660. The number of hydroxylamine groups is 2. The number of aliphatic carboxylic acids is 1. The molecule has 1 N–H and O–H groups in total. The number of carboxylic acids is 1. The van der Waals surface area contributed by atoms with Crippen LogP contribution in [-0.4, -0.2) is 61.5 Å². The van der Waals surface area contributed by atoms with Gasteiger partial charge in [0.1, 0.15) is 17.3 Å². The van der Waals surface area contributed by atoms with Gasteiger partial charge < -0.3 is 5.11 Å². The number of allylic oxidation sites excluding steroid dienone is 1. The first-order valence-corrected chi connectivity index (χ1v) is 13.9. The number of carboxylic acid groups (broad SMARTS) is 1. The molecule has 4 aromatic rings. The molecule has 2 aromatic heterocycles. The summed E-state index contributed by atoms with van der Waals surface area (Å²) in [5, 5.41) is 18.8. The normalized spacial score (nSPS) is 14.4. The zero-order chi connectivity index (χ0) is 31.8. The lowest BCUT2D eigenvalue weighted by Crippen LogP contribution is -2.33. The number of nitrogens with zero attached hydrogens (tertiary/aromatic N) is 6. The maximum Gasteiger partial charge on any atom is 0.303 e. The van der Waals surface area contributed by atoms with Crippen LogP contribution in [0.15, 0.2) is 78.3 Å². The number of aliphatic imine (C=N–C) groups is 1. The third-order valence-corrected chi connectivity index (χ3v) is 6.95. The molecule has 0 saturated heterocycles. The molecule has 1 unspecified atom stereocenters. The predicted molar refractivity (Wildman–Crippen MR) is 161 cm³/mol. The van der Waals surface area contributed by atoms with Crippen LogP contribution in [0.1, 0.15) is 54.0 Å². The average Bonchev–Trinajstić information content (AvgIpc) is 3.64. The van der Waals surface area contributed by atoms with Gasteiger partial charge in [-0.25, -0.2) is 13.5 Å². The van der Waals surface area contributed by atoms with E-state index in [4.69, 9.17) is 9.94 Å². The Morgan fingerprint density at radius 3 is 2.11 bits per heavy atom. The van der Waals surface area contributed by atoms with Gasteiger partial charge in [0.05, 0.1) is 37.0 Å². The number of benzene rings is 2. The van der Waals surface area contributed by atoms with Gasteiger partial charge in [-0.1, -0.05) is 12.1 Å². The summed E-state index contributed by atoms with van der Waals surface area (Å²) in [5.41, 5.74) is 5.60. The minimum absolute atomic E-state index is 0.00376. The molecule has 5 rings (SSSR count). The van der Waals surface area contributed by atoms with Crippen molar-refractivity contribution in [3.8, 4) is 0 Å². The van der Waals surface area contributed by atoms with Gasteiger partial charge in [0.15, 0.2) is 0 Å². The minimum atomic E-state index is -0.872. The van der Waals surface area contributed by atoms with Gasteiger partial charge in [0.25, 0.3) is 5.91 Å². The summed E-state index contributed by atoms with van der Waals surface area (Å²) in [4.78, 5) is 32.6. The Hall–Kier alpha value is -4.97. The van der Waals surface area contributed by atoms with Crippen molar-refractivity contribution in [2.45, 2.75) is 45.6 Å². The van der Waals surface area contributed by atoms with E-state index in [2.05, 4.69) is 15.2 Å². The quantitative estimate of drug-likeness (QED) is 0.245. The first kappa shape index (κ1) is 32.0. The van der Waals surface area contributed by atoms with Crippen LogP contribution < -0.4 is 0 Å². The molecular weight excluding hydrogens is 570 g/mol. The Morgan fingerprint density at radius 1 is 0.977 bits per heavy atom. The Labute approximate surface area is 253 Å². The topological polar surface area (TPSA) is 115 Å². The van der Waals surface area contributed by atoms with Crippen LogP contribution in [0.25, 0.3) is 11.4 Å². The van der Waals surface area contributed by atoms with Crippen molar-refractivity contribution in [2.24, 2.45) is 4.99 Å². The number of amides is 1. The highest BCUT2D eigenvalue weighted by molar-refractivity contribution is 6.03. The molecule has 230 valence electrons. The van der Waals surface area contributed by atoms with Gasteiger partial charge in [0.2, 0.25) is 0 Å². The van der Waals surface area contributed by atoms with Crippen LogP contribution in [0.2, 0.25) is 0 Å². The lowest BCUT2D eigenvalue weighted by atomic mass is 9.99. The van der Waals surface area contributed by atoms with Crippen LogP contribution in [0.4, 0.5) is 8.78 Å². The number of carbonyl (C=O) groups is 2. The molecule has 44 heavy (non-hydrogen) atoms. The summed E-state index contributed by atoms with van der Waals surface area (Å²) in [7, 11) is 3.08. The zero-order valence-corrected chi connectivity index (χ0v) is 24.9. The zero-order valence-electron chi connectivity index (χ0n) is 24.9. The number of hydrogen-bond acceptors (Lipinski definition) is 6. The first-order chi connectivity index (χ1) is 21.1. The summed E-state index contributed by atoms with van der Waals surface area (Å²) >= 11 is 0. The van der Waals surface area contributed by atoms with Gasteiger partial charge in [-0.2, -0.15) is 15.3 Å². The van der Waals surface area contributed by atoms with E-state index in [1.54, 1.807) is 53.1 Å². The van der Waals surface area contributed by atoms with Gasteiger partial charge >= 0.3 is 5.97 Å². The van der Waals surface area contributed by atoms with Gasteiger partial charge in [-0.3, -0.25) is 24.1 Å². The number of aryl methyl sites for hydroxylation is 2. The van der Waals surface area contributed by atoms with E-state index in [0.29, 0.717) is 36.2 Å². The lowest BCUT2D eigenvalue weighted by Gasteiger charge is -2.30. The molecular formula is C32H34F2N6O4. The molecule has 0 aliphatic carbocycles. The fourth-order valence-corrected chi connectivity index (χ4v) is 4.90. The van der Waals surface area contributed by atoms with E-state index in [1.165, 1.54) is 36.4 Å². The Balaban J connectivity index is 0.000000201. The number of aromatic nitrogens is 4. The van der Waals surface area contributed by atoms with E-state index in [9.17, 15) is 18.4 Å². The Kier molecular flexibility index (Phi) is 10.5. The fraction of sp³-hybridized carbons (Fsp3) is 0.281. The molecule has 0 fully saturated rings. The van der Waals surface area contributed by atoms with Crippen LogP contribution in [0.3, 0.4) is 0 Å². The lowest BCUT2D eigenvalue weighted by molar-refractivity contribution is -0.159. The van der Waals surface area contributed by atoms with E-state index in [0.717, 1.165) is 22.4 Å². The van der Waals surface area contributed by atoms with E-state index in [1.807, 2.05) is 26.2 Å². The smallest absolute Gasteiger partial charge is 0.303 e. The molecule has 1 aliphatic rings. The molecule has 12 heteroatoms. The molecule has 2 aromatic carbocycles. The predicted octanol–water partition coefficient (Wildman–Crippen LogP) is 5.70. The largest absolute Gasteiger partial charge is 0.481 e. The summed E-state index contributed by atoms with van der Waals surface area (Å²) in [6.07, 6.45) is 8.46. The third-order valence-electron chi connectivity index (χ3n) is 6.95. The van der Waals surface area contributed by atoms with Crippen LogP contribution in [-0.2, 0) is 14.4 Å². The molecule has 0 bridgehead atoms. The highest BCUT2D eigenvalue weighted by Gasteiger charge is 2.30. The maximum atomic E-state index is 13.2. The second-order valence-corrected chi connectivity index (χ2v) is 10.2. The number of rotatable bonds is 9. The van der Waals surface area contributed by atoms with E-state index in [-0.39, 0.29) is 30.0 Å². The molecule has 1 aliphatic heterocycles. The highest BCUT2D eigenvalue weighted by atomic mass is 19.1. The molecule has 10 nitrogen and oxygen atoms in total. The van der Waals surface area contributed by atoms with Crippen molar-refractivity contribution in [3.05, 3.63) is 107 Å². The standard InChI is InChI=1S/C16H16FN3O2.C16H18FN3O2/c1-11-9-18-19(10-11)14-7-8-15(21)20(22-2)16(14)12-3-5-13(17)6-4-12;1-11-9-19-20(10-11)14(7-8-15(21)22)16(18-2)12-3-5-13(17)6-4-12/h3-6,9-10H,7-8H2,1-2H3;3-6,9-10,14H,7-8H2,1-2H3,(H,21,22). The Morgan fingerprint density at radius 2 is 1.59 bits per heavy atom. The van der Waals surface area contributed by atoms with Crippen molar-refractivity contribution < 1.29 is 28.3 Å². The van der Waals surface area contributed by atoms with Crippen molar-refractivity contribution >= 4 is 29.0 Å². The third kappa shape index (κ3) is 7.70.